The maximum Gasteiger partial charge on any atom is 0.0348 e. The van der Waals surface area contributed by atoms with Gasteiger partial charge in [-0.25, -0.2) is 0 Å². The lowest BCUT2D eigenvalue weighted by Crippen LogP contribution is -1.94. The number of nitrogens with two attached hydrogens (primary N) is 1. The van der Waals surface area contributed by atoms with Crippen molar-refractivity contribution in [3.8, 4) is 0 Å². The fourth-order valence-electron chi connectivity index (χ4n) is 1.34. The Kier molecular flexibility index (Phi) is 1.87. The standard InChI is InChI=1S/C10H11NS/c1-7-4-9-3-2-8(6-11)5-10(9)12-7/h2-5H,6,11H2,1H3. The third-order valence-corrected chi connectivity index (χ3v) is 2.96. The van der Waals surface area contributed by atoms with Crippen molar-refractivity contribution in [3.05, 3.63) is 34.7 Å². The van der Waals surface area contributed by atoms with Gasteiger partial charge in [0.25, 0.3) is 0 Å². The Morgan fingerprint density at radius 1 is 1.33 bits per heavy atom. The second-order valence-corrected chi connectivity index (χ2v) is 4.22. The van der Waals surface area contributed by atoms with Gasteiger partial charge in [-0.2, -0.15) is 0 Å². The first-order chi connectivity index (χ1) is 5.79. The quantitative estimate of drug-likeness (QED) is 0.712. The molecule has 2 aromatic rings. The number of aryl methyl sites for hydroxylation is 1. The molecule has 0 unspecified atom stereocenters. The minimum absolute atomic E-state index is 0.632. The fourth-order valence-corrected chi connectivity index (χ4v) is 2.32. The smallest absolute Gasteiger partial charge is 0.0348 e. The first kappa shape index (κ1) is 7.77. The van der Waals surface area contributed by atoms with Crippen LogP contribution >= 0.6 is 11.3 Å². The Labute approximate surface area is 75.8 Å². The van der Waals surface area contributed by atoms with Crippen molar-refractivity contribution in [1.82, 2.24) is 0 Å². The van der Waals surface area contributed by atoms with E-state index < -0.39 is 0 Å². The summed E-state index contributed by atoms with van der Waals surface area (Å²) in [6, 6.07) is 8.61. The van der Waals surface area contributed by atoms with Gasteiger partial charge in [-0.3, -0.25) is 0 Å². The molecule has 0 aliphatic rings. The van der Waals surface area contributed by atoms with Gasteiger partial charge in [-0.15, -0.1) is 11.3 Å². The summed E-state index contributed by atoms with van der Waals surface area (Å²) in [4.78, 5) is 1.36. The van der Waals surface area contributed by atoms with Crippen LogP contribution in [0.2, 0.25) is 0 Å². The van der Waals surface area contributed by atoms with E-state index in [2.05, 4.69) is 31.2 Å². The molecule has 0 atom stereocenters. The maximum atomic E-state index is 5.55. The SMILES string of the molecule is Cc1cc2ccc(CN)cc2s1. The summed E-state index contributed by atoms with van der Waals surface area (Å²) in [5.74, 6) is 0. The van der Waals surface area contributed by atoms with Crippen molar-refractivity contribution in [2.75, 3.05) is 0 Å². The molecule has 0 saturated carbocycles. The third kappa shape index (κ3) is 1.24. The highest BCUT2D eigenvalue weighted by Crippen LogP contribution is 2.25. The molecular formula is C10H11NS. The van der Waals surface area contributed by atoms with Crippen LogP contribution in [-0.2, 0) is 6.54 Å². The molecule has 12 heavy (non-hydrogen) atoms. The molecule has 0 fully saturated rings. The second kappa shape index (κ2) is 2.88. The average Bonchev–Trinajstić information content (AvgIpc) is 2.43. The molecule has 0 saturated heterocycles. The first-order valence-electron chi connectivity index (χ1n) is 3.99. The number of benzene rings is 1. The Balaban J connectivity index is 2.66. The van der Waals surface area contributed by atoms with E-state index in [9.17, 15) is 0 Å². The summed E-state index contributed by atoms with van der Waals surface area (Å²) in [6.45, 7) is 2.76. The van der Waals surface area contributed by atoms with E-state index in [1.165, 1.54) is 20.5 Å². The number of fused-ring (bicyclic) bond motifs is 1. The molecular weight excluding hydrogens is 166 g/mol. The zero-order valence-electron chi connectivity index (χ0n) is 7.00. The zero-order valence-corrected chi connectivity index (χ0v) is 7.82. The lowest BCUT2D eigenvalue weighted by molar-refractivity contribution is 1.08. The van der Waals surface area contributed by atoms with E-state index in [0.717, 1.165) is 0 Å². The molecule has 62 valence electrons. The normalized spacial score (nSPS) is 10.8. The molecule has 1 aromatic carbocycles. The number of thiophene rings is 1. The lowest BCUT2D eigenvalue weighted by Gasteiger charge is -1.94. The van der Waals surface area contributed by atoms with Gasteiger partial charge in [0.2, 0.25) is 0 Å². The summed E-state index contributed by atoms with van der Waals surface area (Å²) in [5, 5.41) is 1.33. The van der Waals surface area contributed by atoms with E-state index in [1.54, 1.807) is 0 Å². The van der Waals surface area contributed by atoms with E-state index in [1.807, 2.05) is 11.3 Å². The van der Waals surface area contributed by atoms with Gasteiger partial charge in [0.05, 0.1) is 0 Å². The Bertz CT molecular complexity index is 403. The molecule has 1 aromatic heterocycles. The number of hydrogen-bond acceptors (Lipinski definition) is 2. The van der Waals surface area contributed by atoms with Crippen LogP contribution in [0.3, 0.4) is 0 Å². The lowest BCUT2D eigenvalue weighted by atomic mass is 10.2. The minimum Gasteiger partial charge on any atom is -0.326 e. The molecule has 0 bridgehead atoms. The van der Waals surface area contributed by atoms with Gasteiger partial charge in [0.15, 0.2) is 0 Å². The largest absolute Gasteiger partial charge is 0.326 e. The van der Waals surface area contributed by atoms with E-state index in [-0.39, 0.29) is 0 Å². The Morgan fingerprint density at radius 3 is 2.92 bits per heavy atom. The van der Waals surface area contributed by atoms with Gasteiger partial charge in [0, 0.05) is 16.1 Å². The van der Waals surface area contributed by atoms with Gasteiger partial charge in [-0.05, 0) is 30.0 Å². The van der Waals surface area contributed by atoms with Crippen LogP contribution in [0.4, 0.5) is 0 Å². The monoisotopic (exact) mass is 177 g/mol. The van der Waals surface area contributed by atoms with Gasteiger partial charge < -0.3 is 5.73 Å². The van der Waals surface area contributed by atoms with Gasteiger partial charge >= 0.3 is 0 Å². The predicted octanol–water partition coefficient (Wildman–Crippen LogP) is 2.67. The predicted molar refractivity (Wildman–Crippen MR) is 54.5 cm³/mol. The van der Waals surface area contributed by atoms with Crippen LogP contribution in [0.1, 0.15) is 10.4 Å². The number of rotatable bonds is 1. The fraction of sp³-hybridized carbons (Fsp3) is 0.200. The van der Waals surface area contributed by atoms with E-state index in [0.29, 0.717) is 6.54 Å². The Morgan fingerprint density at radius 2 is 2.17 bits per heavy atom. The minimum atomic E-state index is 0.632. The molecule has 0 spiro atoms. The van der Waals surface area contributed by atoms with Crippen molar-refractivity contribution in [2.24, 2.45) is 5.73 Å². The number of hydrogen-bond donors (Lipinski definition) is 1. The van der Waals surface area contributed by atoms with Crippen LogP contribution in [-0.4, -0.2) is 0 Å². The van der Waals surface area contributed by atoms with Crippen molar-refractivity contribution < 1.29 is 0 Å². The highest BCUT2D eigenvalue weighted by Gasteiger charge is 1.98. The van der Waals surface area contributed by atoms with Crippen molar-refractivity contribution in [3.63, 3.8) is 0 Å². The van der Waals surface area contributed by atoms with Gasteiger partial charge in [-0.1, -0.05) is 12.1 Å². The summed E-state index contributed by atoms with van der Waals surface area (Å²) in [5.41, 5.74) is 6.76. The van der Waals surface area contributed by atoms with Crippen LogP contribution in [0.5, 0.6) is 0 Å². The summed E-state index contributed by atoms with van der Waals surface area (Å²) in [7, 11) is 0. The summed E-state index contributed by atoms with van der Waals surface area (Å²) in [6.07, 6.45) is 0. The van der Waals surface area contributed by atoms with Crippen LogP contribution < -0.4 is 5.73 Å². The molecule has 0 amide bonds. The molecule has 1 heterocycles. The van der Waals surface area contributed by atoms with Crippen molar-refractivity contribution in [1.29, 1.82) is 0 Å². The summed E-state index contributed by atoms with van der Waals surface area (Å²) >= 11 is 1.83. The zero-order chi connectivity index (χ0) is 8.55. The molecule has 0 radical (unpaired) electrons. The molecule has 2 N–H and O–H groups in total. The van der Waals surface area contributed by atoms with E-state index in [4.69, 9.17) is 5.73 Å². The average molecular weight is 177 g/mol. The van der Waals surface area contributed by atoms with E-state index >= 15 is 0 Å². The molecule has 0 aliphatic carbocycles. The highest BCUT2D eigenvalue weighted by molar-refractivity contribution is 7.19. The first-order valence-corrected chi connectivity index (χ1v) is 4.80. The second-order valence-electron chi connectivity index (χ2n) is 2.93. The molecule has 0 aliphatic heterocycles. The highest BCUT2D eigenvalue weighted by atomic mass is 32.1. The van der Waals surface area contributed by atoms with Crippen molar-refractivity contribution in [2.45, 2.75) is 13.5 Å². The van der Waals surface area contributed by atoms with Gasteiger partial charge in [0.1, 0.15) is 0 Å². The van der Waals surface area contributed by atoms with Crippen LogP contribution in [0.15, 0.2) is 24.3 Å². The van der Waals surface area contributed by atoms with Crippen molar-refractivity contribution >= 4 is 21.4 Å². The third-order valence-electron chi connectivity index (χ3n) is 1.94. The van der Waals surface area contributed by atoms with Crippen LogP contribution in [0, 0.1) is 6.92 Å². The van der Waals surface area contributed by atoms with Crippen LogP contribution in [0.25, 0.3) is 10.1 Å². The topological polar surface area (TPSA) is 26.0 Å². The summed E-state index contributed by atoms with van der Waals surface area (Å²) < 4.78 is 1.34. The molecule has 2 heteroatoms. The molecule has 2 rings (SSSR count). The maximum absolute atomic E-state index is 5.55. The Hall–Kier alpha value is -0.860. The molecule has 1 nitrogen and oxygen atoms in total.